The largest absolute Gasteiger partial charge is 0.507 e. The summed E-state index contributed by atoms with van der Waals surface area (Å²) >= 11 is 5.97. The molecule has 1 aromatic rings. The zero-order chi connectivity index (χ0) is 10.9. The van der Waals surface area contributed by atoms with Crippen LogP contribution < -0.4 is 0 Å². The van der Waals surface area contributed by atoms with Crippen molar-refractivity contribution in [1.82, 2.24) is 0 Å². The van der Waals surface area contributed by atoms with Gasteiger partial charge in [0.15, 0.2) is 0 Å². The number of rotatable bonds is 2. The molecule has 0 bridgehead atoms. The highest BCUT2D eigenvalue weighted by atomic mass is 35.5. The van der Waals surface area contributed by atoms with E-state index in [1.165, 1.54) is 0 Å². The monoisotopic (exact) mass is 212 g/mol. The van der Waals surface area contributed by atoms with Gasteiger partial charge in [0.25, 0.3) is 0 Å². The summed E-state index contributed by atoms with van der Waals surface area (Å²) in [4.78, 5) is 0. The lowest BCUT2D eigenvalue weighted by Crippen LogP contribution is -2.15. The standard InChI is InChI=1S/C12H17ClO/c1-5-12(3,4)10-7-9(13)6-8(2)11(10)14/h6-7,14H,5H2,1-4H3. The number of halogens is 1. The number of benzene rings is 1. The number of phenols is 1. The fraction of sp³-hybridized carbons (Fsp3) is 0.500. The van der Waals surface area contributed by atoms with Crippen LogP contribution in [-0.4, -0.2) is 5.11 Å². The summed E-state index contributed by atoms with van der Waals surface area (Å²) < 4.78 is 0. The first-order chi connectivity index (χ1) is 6.38. The van der Waals surface area contributed by atoms with Gasteiger partial charge in [0.05, 0.1) is 0 Å². The maximum absolute atomic E-state index is 9.93. The fourth-order valence-electron chi connectivity index (χ4n) is 1.44. The van der Waals surface area contributed by atoms with Gasteiger partial charge in [-0.15, -0.1) is 0 Å². The second-order valence-electron chi connectivity index (χ2n) is 4.36. The summed E-state index contributed by atoms with van der Waals surface area (Å²) in [6.45, 7) is 8.20. The lowest BCUT2D eigenvalue weighted by molar-refractivity contribution is 0.425. The maximum Gasteiger partial charge on any atom is 0.122 e. The van der Waals surface area contributed by atoms with Gasteiger partial charge in [-0.25, -0.2) is 0 Å². The summed E-state index contributed by atoms with van der Waals surface area (Å²) in [5.74, 6) is 0.376. The SMILES string of the molecule is CCC(C)(C)c1cc(Cl)cc(C)c1O. The lowest BCUT2D eigenvalue weighted by atomic mass is 9.81. The van der Waals surface area contributed by atoms with Crippen LogP contribution >= 0.6 is 11.6 Å². The Hall–Kier alpha value is -0.690. The molecule has 1 aromatic carbocycles. The molecule has 0 unspecified atom stereocenters. The van der Waals surface area contributed by atoms with Crippen LogP contribution in [0.25, 0.3) is 0 Å². The van der Waals surface area contributed by atoms with Gasteiger partial charge in [-0.1, -0.05) is 32.4 Å². The van der Waals surface area contributed by atoms with E-state index < -0.39 is 0 Å². The van der Waals surface area contributed by atoms with Crippen LogP contribution in [0, 0.1) is 6.92 Å². The van der Waals surface area contributed by atoms with E-state index in [0.717, 1.165) is 17.5 Å². The molecule has 1 N–H and O–H groups in total. The molecular weight excluding hydrogens is 196 g/mol. The molecule has 0 aliphatic rings. The van der Waals surface area contributed by atoms with Crippen molar-refractivity contribution in [2.45, 2.75) is 39.5 Å². The average Bonchev–Trinajstić information content (AvgIpc) is 2.11. The van der Waals surface area contributed by atoms with E-state index in [0.29, 0.717) is 10.8 Å². The Balaban J connectivity index is 3.34. The van der Waals surface area contributed by atoms with Gasteiger partial charge in [0.1, 0.15) is 5.75 Å². The first-order valence-electron chi connectivity index (χ1n) is 4.88. The zero-order valence-electron chi connectivity index (χ0n) is 9.19. The number of aromatic hydroxyl groups is 1. The van der Waals surface area contributed by atoms with Crippen LogP contribution in [0.15, 0.2) is 12.1 Å². The van der Waals surface area contributed by atoms with Crippen molar-refractivity contribution in [2.24, 2.45) is 0 Å². The van der Waals surface area contributed by atoms with Gasteiger partial charge < -0.3 is 5.11 Å². The topological polar surface area (TPSA) is 20.2 Å². The molecule has 0 aliphatic carbocycles. The molecule has 0 saturated carbocycles. The van der Waals surface area contributed by atoms with Crippen molar-refractivity contribution in [3.63, 3.8) is 0 Å². The second-order valence-corrected chi connectivity index (χ2v) is 4.79. The highest BCUT2D eigenvalue weighted by molar-refractivity contribution is 6.30. The van der Waals surface area contributed by atoms with Crippen molar-refractivity contribution in [3.05, 3.63) is 28.3 Å². The molecule has 0 aromatic heterocycles. The summed E-state index contributed by atoms with van der Waals surface area (Å²) in [7, 11) is 0. The molecule has 14 heavy (non-hydrogen) atoms. The molecule has 1 nitrogen and oxygen atoms in total. The van der Waals surface area contributed by atoms with Gasteiger partial charge in [0, 0.05) is 10.6 Å². The Kier molecular flexibility index (Phi) is 3.10. The van der Waals surface area contributed by atoms with Gasteiger partial charge in [-0.3, -0.25) is 0 Å². The third kappa shape index (κ3) is 2.03. The van der Waals surface area contributed by atoms with E-state index >= 15 is 0 Å². The van der Waals surface area contributed by atoms with Crippen molar-refractivity contribution in [3.8, 4) is 5.75 Å². The normalized spacial score (nSPS) is 11.8. The third-order valence-electron chi connectivity index (χ3n) is 2.88. The molecule has 2 heteroatoms. The maximum atomic E-state index is 9.93. The molecule has 0 atom stereocenters. The van der Waals surface area contributed by atoms with Gasteiger partial charge in [-0.05, 0) is 36.5 Å². The number of phenolic OH excluding ortho intramolecular Hbond substituents is 1. The van der Waals surface area contributed by atoms with Gasteiger partial charge in [-0.2, -0.15) is 0 Å². The minimum absolute atomic E-state index is 0.0280. The van der Waals surface area contributed by atoms with Crippen LogP contribution in [0.5, 0.6) is 5.75 Å². The highest BCUT2D eigenvalue weighted by Gasteiger charge is 2.23. The summed E-state index contributed by atoms with van der Waals surface area (Å²) in [5.41, 5.74) is 1.75. The highest BCUT2D eigenvalue weighted by Crippen LogP contribution is 2.37. The molecule has 0 aliphatic heterocycles. The van der Waals surface area contributed by atoms with E-state index in [2.05, 4.69) is 20.8 Å². The smallest absolute Gasteiger partial charge is 0.122 e. The zero-order valence-corrected chi connectivity index (χ0v) is 9.94. The van der Waals surface area contributed by atoms with Crippen molar-refractivity contribution >= 4 is 11.6 Å². The fourth-order valence-corrected chi connectivity index (χ4v) is 1.71. The molecule has 78 valence electrons. The van der Waals surface area contributed by atoms with Crippen LogP contribution in [0.1, 0.15) is 38.3 Å². The predicted molar refractivity (Wildman–Crippen MR) is 61.2 cm³/mol. The summed E-state index contributed by atoms with van der Waals surface area (Å²) in [5, 5.41) is 10.6. The van der Waals surface area contributed by atoms with Crippen molar-refractivity contribution < 1.29 is 5.11 Å². The molecule has 0 amide bonds. The Morgan fingerprint density at radius 3 is 2.43 bits per heavy atom. The second kappa shape index (κ2) is 3.82. The molecule has 0 saturated heterocycles. The Morgan fingerprint density at radius 1 is 1.36 bits per heavy atom. The molecule has 0 fully saturated rings. The van der Waals surface area contributed by atoms with Crippen LogP contribution in [-0.2, 0) is 5.41 Å². The third-order valence-corrected chi connectivity index (χ3v) is 3.10. The quantitative estimate of drug-likeness (QED) is 0.785. The Morgan fingerprint density at radius 2 is 1.93 bits per heavy atom. The first-order valence-corrected chi connectivity index (χ1v) is 5.26. The lowest BCUT2D eigenvalue weighted by Gasteiger charge is -2.25. The van der Waals surface area contributed by atoms with Crippen molar-refractivity contribution in [1.29, 1.82) is 0 Å². The Labute approximate surface area is 90.7 Å². The average molecular weight is 213 g/mol. The van der Waals surface area contributed by atoms with Gasteiger partial charge in [0.2, 0.25) is 0 Å². The van der Waals surface area contributed by atoms with Crippen LogP contribution in [0.3, 0.4) is 0 Å². The van der Waals surface area contributed by atoms with Gasteiger partial charge >= 0.3 is 0 Å². The van der Waals surface area contributed by atoms with E-state index in [4.69, 9.17) is 11.6 Å². The minimum Gasteiger partial charge on any atom is -0.507 e. The first kappa shape index (κ1) is 11.4. The molecule has 0 spiro atoms. The molecular formula is C12H17ClO. The van der Waals surface area contributed by atoms with E-state index in [9.17, 15) is 5.11 Å². The number of hydrogen-bond donors (Lipinski definition) is 1. The number of hydrogen-bond acceptors (Lipinski definition) is 1. The number of aryl methyl sites for hydroxylation is 1. The molecule has 0 radical (unpaired) electrons. The minimum atomic E-state index is -0.0280. The van der Waals surface area contributed by atoms with Crippen molar-refractivity contribution in [2.75, 3.05) is 0 Å². The van der Waals surface area contributed by atoms with Crippen LogP contribution in [0.2, 0.25) is 5.02 Å². The summed E-state index contributed by atoms with van der Waals surface area (Å²) in [6, 6.07) is 3.64. The molecule has 0 heterocycles. The molecule has 1 rings (SSSR count). The van der Waals surface area contributed by atoms with E-state index in [1.807, 2.05) is 13.0 Å². The Bertz CT molecular complexity index is 342. The van der Waals surface area contributed by atoms with E-state index in [1.54, 1.807) is 6.07 Å². The summed E-state index contributed by atoms with van der Waals surface area (Å²) in [6.07, 6.45) is 0.973. The van der Waals surface area contributed by atoms with Crippen LogP contribution in [0.4, 0.5) is 0 Å². The predicted octanol–water partition coefficient (Wildman–Crippen LogP) is 4.04. The van der Waals surface area contributed by atoms with E-state index in [-0.39, 0.29) is 5.41 Å².